The lowest BCUT2D eigenvalue weighted by atomic mass is 9.94. The van der Waals surface area contributed by atoms with Gasteiger partial charge < -0.3 is 26.3 Å². The highest BCUT2D eigenvalue weighted by Crippen LogP contribution is 2.40. The van der Waals surface area contributed by atoms with Gasteiger partial charge in [0.15, 0.2) is 12.5 Å². The van der Waals surface area contributed by atoms with E-state index in [4.69, 9.17) is 26.2 Å². The normalized spacial score (nSPS) is 18.6. The van der Waals surface area contributed by atoms with Crippen molar-refractivity contribution in [2.75, 3.05) is 30.0 Å². The molecule has 3 heterocycles. The van der Waals surface area contributed by atoms with Crippen molar-refractivity contribution in [1.29, 1.82) is 10.5 Å². The second-order valence-electron chi connectivity index (χ2n) is 6.50. The Morgan fingerprint density at radius 2 is 1.79 bits per heavy atom. The first kappa shape index (κ1) is 18.5. The van der Waals surface area contributed by atoms with Crippen LogP contribution < -0.4 is 22.1 Å². The number of nitrogens with one attached hydrogen (secondary N) is 2. The number of hydrogen-bond acceptors (Lipinski definition) is 10. The number of benzene rings is 1. The average molecular weight is 390 g/mol. The Labute approximate surface area is 166 Å². The number of guanidine groups is 1. The predicted molar refractivity (Wildman–Crippen MR) is 105 cm³/mol. The third-order valence-electron chi connectivity index (χ3n) is 4.71. The zero-order valence-electron chi connectivity index (χ0n) is 15.3. The first-order valence-electron chi connectivity index (χ1n) is 8.94. The minimum Gasteiger partial charge on any atom is -0.397 e. The molecule has 146 valence electrons. The lowest BCUT2D eigenvalue weighted by Crippen LogP contribution is -2.32. The van der Waals surface area contributed by atoms with Crippen molar-refractivity contribution in [2.45, 2.75) is 18.8 Å². The fraction of sp³-hybridized carbons (Fsp3) is 0.263. The summed E-state index contributed by atoms with van der Waals surface area (Å²) in [7, 11) is 0. The van der Waals surface area contributed by atoms with Crippen LogP contribution in [0.3, 0.4) is 0 Å². The van der Waals surface area contributed by atoms with Crippen LogP contribution in [0, 0.1) is 22.8 Å². The van der Waals surface area contributed by atoms with Gasteiger partial charge in [0.2, 0.25) is 5.96 Å². The molecule has 29 heavy (non-hydrogen) atoms. The molecule has 1 aromatic carbocycles. The molecule has 2 aliphatic heterocycles. The van der Waals surface area contributed by atoms with Crippen LogP contribution in [0.2, 0.25) is 0 Å². The van der Waals surface area contributed by atoms with E-state index in [9.17, 15) is 5.26 Å². The number of aromatic nitrogens is 1. The lowest BCUT2D eigenvalue weighted by Gasteiger charge is -2.27. The molecular formula is C19H18N8O2. The number of nitriles is 2. The molecule has 0 amide bonds. The van der Waals surface area contributed by atoms with Crippen LogP contribution >= 0.6 is 0 Å². The molecule has 0 saturated carbocycles. The molecule has 2 aromatic rings. The van der Waals surface area contributed by atoms with Gasteiger partial charge in [-0.3, -0.25) is 5.32 Å². The van der Waals surface area contributed by atoms with Crippen LogP contribution in [0.1, 0.15) is 41.0 Å². The van der Waals surface area contributed by atoms with Crippen molar-refractivity contribution in [1.82, 2.24) is 10.3 Å². The van der Waals surface area contributed by atoms with E-state index < -0.39 is 12.3 Å². The van der Waals surface area contributed by atoms with Gasteiger partial charge in [-0.2, -0.15) is 10.5 Å². The van der Waals surface area contributed by atoms with E-state index in [0.29, 0.717) is 24.6 Å². The van der Waals surface area contributed by atoms with E-state index in [0.717, 1.165) is 17.5 Å². The minimum absolute atomic E-state index is 0.00940. The molecule has 1 aromatic heterocycles. The van der Waals surface area contributed by atoms with Gasteiger partial charge >= 0.3 is 0 Å². The molecule has 1 fully saturated rings. The van der Waals surface area contributed by atoms with Crippen LogP contribution in [0.5, 0.6) is 0 Å². The van der Waals surface area contributed by atoms with Gasteiger partial charge in [-0.25, -0.2) is 9.98 Å². The molecule has 0 aliphatic carbocycles. The molecule has 2 aliphatic rings. The summed E-state index contributed by atoms with van der Waals surface area (Å²) in [6.07, 6.45) is 2.31. The fourth-order valence-electron chi connectivity index (χ4n) is 3.34. The molecule has 10 heteroatoms. The monoisotopic (exact) mass is 390 g/mol. The third-order valence-corrected chi connectivity index (χ3v) is 4.71. The summed E-state index contributed by atoms with van der Waals surface area (Å²) < 4.78 is 11.3. The molecule has 0 spiro atoms. The highest BCUT2D eigenvalue weighted by atomic mass is 16.7. The second-order valence-corrected chi connectivity index (χ2v) is 6.50. The van der Waals surface area contributed by atoms with Gasteiger partial charge in [0, 0.05) is 11.1 Å². The highest BCUT2D eigenvalue weighted by Gasteiger charge is 2.30. The maximum Gasteiger partial charge on any atom is 0.211 e. The molecule has 6 N–H and O–H groups in total. The summed E-state index contributed by atoms with van der Waals surface area (Å²) in [5, 5.41) is 23.7. The number of nitrogens with zero attached hydrogens (tertiary/aromatic N) is 4. The average Bonchev–Trinajstić information content (AvgIpc) is 2.74. The van der Waals surface area contributed by atoms with Crippen LogP contribution in [0.25, 0.3) is 0 Å². The van der Waals surface area contributed by atoms with Crippen LogP contribution in [0.4, 0.5) is 17.3 Å². The Balaban J connectivity index is 1.76. The number of aliphatic imine (C=N–C) groups is 1. The lowest BCUT2D eigenvalue weighted by molar-refractivity contribution is -0.183. The summed E-state index contributed by atoms with van der Waals surface area (Å²) in [4.78, 5) is 8.77. The quantitative estimate of drug-likeness (QED) is 0.438. The summed E-state index contributed by atoms with van der Waals surface area (Å²) >= 11 is 0. The molecular weight excluding hydrogens is 372 g/mol. The maximum absolute atomic E-state index is 9.39. The molecule has 4 rings (SSSR count). The number of pyridine rings is 1. The van der Waals surface area contributed by atoms with E-state index in [1.54, 1.807) is 0 Å². The van der Waals surface area contributed by atoms with E-state index in [1.807, 2.05) is 36.5 Å². The molecule has 10 nitrogen and oxygen atoms in total. The first-order chi connectivity index (χ1) is 14.1. The molecule has 1 unspecified atom stereocenters. The van der Waals surface area contributed by atoms with Gasteiger partial charge in [0.05, 0.1) is 18.9 Å². The second kappa shape index (κ2) is 7.64. The third kappa shape index (κ3) is 3.38. The number of rotatable bonds is 2. The fourth-order valence-corrected chi connectivity index (χ4v) is 3.34. The van der Waals surface area contributed by atoms with Crippen molar-refractivity contribution < 1.29 is 9.47 Å². The Kier molecular flexibility index (Phi) is 4.87. The molecule has 1 atom stereocenters. The van der Waals surface area contributed by atoms with Crippen molar-refractivity contribution >= 4 is 23.3 Å². The first-order valence-corrected chi connectivity index (χ1v) is 8.94. The summed E-state index contributed by atoms with van der Waals surface area (Å²) in [5.41, 5.74) is 14.6. The van der Waals surface area contributed by atoms with Crippen molar-refractivity contribution in [2.24, 2.45) is 4.99 Å². The zero-order chi connectivity index (χ0) is 20.4. The van der Waals surface area contributed by atoms with E-state index in [1.165, 1.54) is 0 Å². The van der Waals surface area contributed by atoms with E-state index >= 15 is 0 Å². The number of hydrogen-bond donors (Lipinski definition) is 4. The van der Waals surface area contributed by atoms with Gasteiger partial charge in [0.25, 0.3) is 0 Å². The Morgan fingerprint density at radius 1 is 1.10 bits per heavy atom. The van der Waals surface area contributed by atoms with Crippen molar-refractivity contribution in [3.8, 4) is 12.3 Å². The smallest absolute Gasteiger partial charge is 0.211 e. The molecule has 1 saturated heterocycles. The summed E-state index contributed by atoms with van der Waals surface area (Å²) in [6, 6.07) is 8.96. The van der Waals surface area contributed by atoms with Gasteiger partial charge in [0.1, 0.15) is 29.3 Å². The Bertz CT molecular complexity index is 1050. The summed E-state index contributed by atoms with van der Waals surface area (Å²) in [6.45, 7) is 1.31. The van der Waals surface area contributed by atoms with Crippen molar-refractivity contribution in [3.63, 3.8) is 0 Å². The summed E-state index contributed by atoms with van der Waals surface area (Å²) in [5.74, 6) is 0.568. The molecule has 0 bridgehead atoms. The molecule has 0 radical (unpaired) electrons. The van der Waals surface area contributed by atoms with E-state index in [2.05, 4.69) is 20.6 Å². The Hall–Kier alpha value is -3.86. The van der Waals surface area contributed by atoms with Gasteiger partial charge in [-0.05, 0) is 12.0 Å². The van der Waals surface area contributed by atoms with E-state index in [-0.39, 0.29) is 23.0 Å². The largest absolute Gasteiger partial charge is 0.397 e. The SMILES string of the molecule is N#CNC1=NC(c2ccc(C3OCCCO3)cc2)c2c(nc(N)c(C#N)c2N)N1. The van der Waals surface area contributed by atoms with Crippen LogP contribution in [-0.2, 0) is 9.47 Å². The number of ether oxygens (including phenoxy) is 2. The number of nitrogens with two attached hydrogens (primary N) is 2. The van der Waals surface area contributed by atoms with Crippen LogP contribution in [0.15, 0.2) is 29.3 Å². The van der Waals surface area contributed by atoms with Crippen LogP contribution in [-0.4, -0.2) is 24.2 Å². The minimum atomic E-state index is -0.579. The number of anilines is 3. The maximum atomic E-state index is 9.39. The standard InChI is InChI=1S/C19H18N8O2/c20-8-12-14(22)13-15(25-19(24-9-21)27-17(13)26-16(12)23)10-2-4-11(5-3-10)18-28-6-1-7-29-18/h2-5,15,18H,1,6-7H2,(H6,22,23,24,25,26,27). The van der Waals surface area contributed by atoms with Gasteiger partial charge in [-0.15, -0.1) is 0 Å². The number of fused-ring (bicyclic) bond motifs is 1. The highest BCUT2D eigenvalue weighted by molar-refractivity contribution is 5.98. The zero-order valence-corrected chi connectivity index (χ0v) is 15.3. The van der Waals surface area contributed by atoms with Crippen molar-refractivity contribution in [3.05, 3.63) is 46.5 Å². The Morgan fingerprint density at radius 3 is 2.45 bits per heavy atom. The topological polar surface area (TPSA) is 167 Å². The predicted octanol–water partition coefficient (Wildman–Crippen LogP) is 1.49. The van der Waals surface area contributed by atoms with Gasteiger partial charge in [-0.1, -0.05) is 24.3 Å². The number of nitrogen functional groups attached to an aromatic ring is 2.